The maximum atomic E-state index is 13.4. The highest BCUT2D eigenvalue weighted by molar-refractivity contribution is 7.92. The first kappa shape index (κ1) is 22.5. The van der Waals surface area contributed by atoms with Crippen LogP contribution in [0.2, 0.25) is 0 Å². The lowest BCUT2D eigenvalue weighted by Crippen LogP contribution is -2.49. The molecule has 0 radical (unpaired) electrons. The average molecular weight is 499 g/mol. The van der Waals surface area contributed by atoms with E-state index in [4.69, 9.17) is 4.98 Å². The van der Waals surface area contributed by atoms with Gasteiger partial charge in [0.2, 0.25) is 0 Å². The molecule has 1 amide bonds. The predicted molar refractivity (Wildman–Crippen MR) is 141 cm³/mol. The van der Waals surface area contributed by atoms with Crippen molar-refractivity contribution < 1.29 is 13.2 Å². The van der Waals surface area contributed by atoms with Crippen molar-refractivity contribution in [1.29, 1.82) is 0 Å². The summed E-state index contributed by atoms with van der Waals surface area (Å²) < 4.78 is 28.3. The maximum absolute atomic E-state index is 13.4. The molecule has 8 heteroatoms. The smallest absolute Gasteiger partial charge is 0.264 e. The van der Waals surface area contributed by atoms with Gasteiger partial charge in [0, 0.05) is 43.7 Å². The number of amides is 1. The SMILES string of the molecule is O=C(c1cccc(S(=O)(=O)N2CCc3ccccc32)c1)N1CCN(c2ccc3ccccc3n2)CC1. The summed E-state index contributed by atoms with van der Waals surface area (Å²) in [4.78, 5) is 22.2. The number of aromatic nitrogens is 1. The van der Waals surface area contributed by atoms with E-state index in [1.165, 1.54) is 10.4 Å². The molecular formula is C28H26N4O3S. The van der Waals surface area contributed by atoms with Crippen molar-refractivity contribution >= 4 is 38.3 Å². The Hall–Kier alpha value is -3.91. The van der Waals surface area contributed by atoms with E-state index >= 15 is 0 Å². The van der Waals surface area contributed by atoms with Gasteiger partial charge >= 0.3 is 0 Å². The molecule has 1 aromatic heterocycles. The maximum Gasteiger partial charge on any atom is 0.264 e. The standard InChI is InChI=1S/C28H26N4O3S/c33-28(31-18-16-30(17-19-31)27-13-12-21-6-1-3-10-25(21)29-27)23-8-5-9-24(20-23)36(34,35)32-15-14-22-7-2-4-11-26(22)32/h1-13,20H,14-19H2. The molecule has 182 valence electrons. The highest BCUT2D eigenvalue weighted by atomic mass is 32.2. The van der Waals surface area contributed by atoms with Gasteiger partial charge in [-0.3, -0.25) is 9.10 Å². The van der Waals surface area contributed by atoms with E-state index < -0.39 is 10.0 Å². The Balaban J connectivity index is 1.17. The van der Waals surface area contributed by atoms with Crippen LogP contribution in [0.5, 0.6) is 0 Å². The minimum atomic E-state index is -3.76. The zero-order valence-corrected chi connectivity index (χ0v) is 20.6. The third kappa shape index (κ3) is 3.97. The van der Waals surface area contributed by atoms with Gasteiger partial charge in [-0.2, -0.15) is 0 Å². The van der Waals surface area contributed by atoms with Crippen molar-refractivity contribution in [3.8, 4) is 0 Å². The fourth-order valence-electron chi connectivity index (χ4n) is 5.03. The van der Waals surface area contributed by atoms with Crippen LogP contribution in [0.1, 0.15) is 15.9 Å². The van der Waals surface area contributed by atoms with E-state index in [2.05, 4.69) is 11.0 Å². The van der Waals surface area contributed by atoms with Crippen molar-refractivity contribution in [3.63, 3.8) is 0 Å². The summed E-state index contributed by atoms with van der Waals surface area (Å²) >= 11 is 0. The van der Waals surface area contributed by atoms with Crippen LogP contribution in [-0.2, 0) is 16.4 Å². The molecule has 3 aromatic carbocycles. The number of anilines is 2. The van der Waals surface area contributed by atoms with Crippen molar-refractivity contribution in [2.24, 2.45) is 0 Å². The van der Waals surface area contributed by atoms with Gasteiger partial charge in [-0.25, -0.2) is 13.4 Å². The van der Waals surface area contributed by atoms with Crippen LogP contribution in [0.25, 0.3) is 10.9 Å². The zero-order valence-electron chi connectivity index (χ0n) is 19.7. The van der Waals surface area contributed by atoms with Gasteiger partial charge in [-0.15, -0.1) is 0 Å². The van der Waals surface area contributed by atoms with Gasteiger partial charge in [-0.05, 0) is 54.4 Å². The number of fused-ring (bicyclic) bond motifs is 2. The van der Waals surface area contributed by atoms with Gasteiger partial charge in [0.1, 0.15) is 5.82 Å². The average Bonchev–Trinajstić information content (AvgIpc) is 3.38. The fourth-order valence-corrected chi connectivity index (χ4v) is 6.58. The number of nitrogens with zero attached hydrogens (tertiary/aromatic N) is 4. The summed E-state index contributed by atoms with van der Waals surface area (Å²) in [5, 5.41) is 1.10. The van der Waals surface area contributed by atoms with Crippen LogP contribution in [0.3, 0.4) is 0 Å². The molecule has 36 heavy (non-hydrogen) atoms. The largest absolute Gasteiger partial charge is 0.353 e. The Morgan fingerprint density at radius 2 is 1.56 bits per heavy atom. The van der Waals surface area contributed by atoms with E-state index in [1.807, 2.05) is 54.6 Å². The monoisotopic (exact) mass is 498 g/mol. The minimum Gasteiger partial charge on any atom is -0.353 e. The zero-order chi connectivity index (χ0) is 24.7. The molecule has 1 saturated heterocycles. The fraction of sp³-hybridized carbons (Fsp3) is 0.214. The Kier molecular flexibility index (Phi) is 5.60. The molecule has 0 spiro atoms. The summed E-state index contributed by atoms with van der Waals surface area (Å²) in [7, 11) is -3.76. The Labute approximate surface area is 210 Å². The van der Waals surface area contributed by atoms with Gasteiger partial charge in [0.25, 0.3) is 15.9 Å². The molecule has 0 atom stereocenters. The molecule has 3 heterocycles. The number of para-hydroxylation sites is 2. The molecular weight excluding hydrogens is 472 g/mol. The lowest BCUT2D eigenvalue weighted by Gasteiger charge is -2.35. The van der Waals surface area contributed by atoms with Crippen LogP contribution in [0, 0.1) is 0 Å². The van der Waals surface area contributed by atoms with E-state index in [-0.39, 0.29) is 10.8 Å². The van der Waals surface area contributed by atoms with Crippen molar-refractivity contribution in [1.82, 2.24) is 9.88 Å². The number of hydrogen-bond donors (Lipinski definition) is 0. The summed E-state index contributed by atoms with van der Waals surface area (Å²) in [6.45, 7) is 2.83. The first-order chi connectivity index (χ1) is 17.5. The summed E-state index contributed by atoms with van der Waals surface area (Å²) in [5.41, 5.74) is 3.08. The van der Waals surface area contributed by atoms with E-state index in [0.717, 1.165) is 22.3 Å². The second kappa shape index (κ2) is 8.95. The molecule has 4 aromatic rings. The number of hydrogen-bond acceptors (Lipinski definition) is 5. The van der Waals surface area contributed by atoms with Crippen LogP contribution < -0.4 is 9.21 Å². The highest BCUT2D eigenvalue weighted by Crippen LogP contribution is 2.33. The molecule has 0 aliphatic carbocycles. The Morgan fingerprint density at radius 3 is 2.42 bits per heavy atom. The van der Waals surface area contributed by atoms with Crippen LogP contribution >= 0.6 is 0 Å². The Bertz CT molecular complexity index is 1560. The molecule has 6 rings (SSSR count). The first-order valence-corrected chi connectivity index (χ1v) is 13.6. The molecule has 0 unspecified atom stereocenters. The summed E-state index contributed by atoms with van der Waals surface area (Å²) in [6.07, 6.45) is 0.685. The summed E-state index contributed by atoms with van der Waals surface area (Å²) in [5.74, 6) is 0.750. The topological polar surface area (TPSA) is 73.8 Å². The molecule has 7 nitrogen and oxygen atoms in total. The second-order valence-electron chi connectivity index (χ2n) is 9.13. The Morgan fingerprint density at radius 1 is 0.778 bits per heavy atom. The third-order valence-corrected chi connectivity index (χ3v) is 8.80. The van der Waals surface area contributed by atoms with Gasteiger partial charge in [0.05, 0.1) is 16.1 Å². The van der Waals surface area contributed by atoms with Crippen molar-refractivity contribution in [3.05, 3.63) is 96.1 Å². The minimum absolute atomic E-state index is 0.143. The number of carbonyl (C=O) groups is 1. The number of pyridine rings is 1. The summed E-state index contributed by atoms with van der Waals surface area (Å²) in [6, 6.07) is 26.1. The lowest BCUT2D eigenvalue weighted by atomic mass is 10.1. The molecule has 0 saturated carbocycles. The molecule has 2 aliphatic rings. The van der Waals surface area contributed by atoms with Crippen molar-refractivity contribution in [2.45, 2.75) is 11.3 Å². The van der Waals surface area contributed by atoms with Crippen LogP contribution in [0.15, 0.2) is 89.8 Å². The molecule has 0 N–H and O–H groups in total. The quantitative estimate of drug-likeness (QED) is 0.426. The van der Waals surface area contributed by atoms with Gasteiger partial charge in [-0.1, -0.05) is 42.5 Å². The third-order valence-electron chi connectivity index (χ3n) is 6.99. The number of rotatable bonds is 4. The lowest BCUT2D eigenvalue weighted by molar-refractivity contribution is 0.0746. The normalized spacial score (nSPS) is 15.8. The van der Waals surface area contributed by atoms with E-state index in [1.54, 1.807) is 23.1 Å². The number of piperazine rings is 1. The van der Waals surface area contributed by atoms with E-state index in [0.29, 0.717) is 50.4 Å². The molecule has 0 bridgehead atoms. The predicted octanol–water partition coefficient (Wildman–Crippen LogP) is 3.95. The molecule has 2 aliphatic heterocycles. The highest BCUT2D eigenvalue weighted by Gasteiger charge is 2.31. The second-order valence-corrected chi connectivity index (χ2v) is 11.0. The number of benzene rings is 3. The van der Waals surface area contributed by atoms with Crippen LogP contribution in [0.4, 0.5) is 11.5 Å². The van der Waals surface area contributed by atoms with Crippen molar-refractivity contribution in [2.75, 3.05) is 41.9 Å². The van der Waals surface area contributed by atoms with Crippen LogP contribution in [-0.4, -0.2) is 56.9 Å². The van der Waals surface area contributed by atoms with Gasteiger partial charge < -0.3 is 9.80 Å². The van der Waals surface area contributed by atoms with E-state index in [9.17, 15) is 13.2 Å². The molecule has 1 fully saturated rings. The number of sulfonamides is 1. The first-order valence-electron chi connectivity index (χ1n) is 12.1. The van der Waals surface area contributed by atoms with Gasteiger partial charge in [0.15, 0.2) is 0 Å². The number of carbonyl (C=O) groups excluding carboxylic acids is 1.